The van der Waals surface area contributed by atoms with Crippen LogP contribution in [-0.2, 0) is 0 Å². The van der Waals surface area contributed by atoms with Gasteiger partial charge in [0.05, 0.1) is 11.7 Å². The zero-order valence-electron chi connectivity index (χ0n) is 7.92. The molecule has 3 rings (SSSR count). The van der Waals surface area contributed by atoms with E-state index in [1.165, 1.54) is 5.56 Å². The minimum absolute atomic E-state index is 0.946. The molecule has 2 nitrogen and oxygen atoms in total. The molecule has 2 aromatic heterocycles. The summed E-state index contributed by atoms with van der Waals surface area (Å²) in [6, 6.07) is 10.2. The molecule has 15 heavy (non-hydrogen) atoms. The maximum atomic E-state index is 4.11. The fourth-order valence-electron chi connectivity index (χ4n) is 1.65. The van der Waals surface area contributed by atoms with Crippen LogP contribution < -0.4 is 0 Å². The normalized spacial score (nSPS) is 10.7. The van der Waals surface area contributed by atoms with Crippen LogP contribution in [0.2, 0.25) is 0 Å². The van der Waals surface area contributed by atoms with Crippen LogP contribution in [0.5, 0.6) is 0 Å². The molecule has 0 amide bonds. The van der Waals surface area contributed by atoms with E-state index in [1.54, 1.807) is 11.3 Å². The maximum absolute atomic E-state index is 4.11. The standard InChI is InChI=1S/C12H8N2S/c1-2-4-12-10(3-1)11(7-13-14-12)9-5-6-15-8-9/h1-8H. The van der Waals surface area contributed by atoms with E-state index < -0.39 is 0 Å². The fourth-order valence-corrected chi connectivity index (χ4v) is 2.31. The molecule has 0 fully saturated rings. The maximum Gasteiger partial charge on any atom is 0.0935 e. The van der Waals surface area contributed by atoms with Crippen molar-refractivity contribution in [1.29, 1.82) is 0 Å². The molecule has 0 N–H and O–H groups in total. The molecule has 2 heterocycles. The summed E-state index contributed by atoms with van der Waals surface area (Å²) in [5, 5.41) is 13.5. The highest BCUT2D eigenvalue weighted by atomic mass is 32.1. The quantitative estimate of drug-likeness (QED) is 0.618. The number of hydrogen-bond donors (Lipinski definition) is 0. The minimum Gasteiger partial charge on any atom is -0.158 e. The summed E-state index contributed by atoms with van der Waals surface area (Å²) in [7, 11) is 0. The summed E-state index contributed by atoms with van der Waals surface area (Å²) in [6.45, 7) is 0. The second-order valence-electron chi connectivity index (χ2n) is 3.29. The number of fused-ring (bicyclic) bond motifs is 1. The zero-order valence-corrected chi connectivity index (χ0v) is 8.74. The zero-order chi connectivity index (χ0) is 10.1. The van der Waals surface area contributed by atoms with Gasteiger partial charge in [0.25, 0.3) is 0 Å². The van der Waals surface area contributed by atoms with E-state index >= 15 is 0 Å². The van der Waals surface area contributed by atoms with Crippen LogP contribution >= 0.6 is 11.3 Å². The van der Waals surface area contributed by atoms with E-state index in [4.69, 9.17) is 0 Å². The van der Waals surface area contributed by atoms with E-state index in [1.807, 2.05) is 24.4 Å². The van der Waals surface area contributed by atoms with Gasteiger partial charge in [-0.15, -0.1) is 0 Å². The first-order valence-corrected chi connectivity index (χ1v) is 5.62. The Morgan fingerprint density at radius 1 is 1.07 bits per heavy atom. The summed E-state index contributed by atoms with van der Waals surface area (Å²) in [5.41, 5.74) is 3.31. The van der Waals surface area contributed by atoms with Crippen LogP contribution in [-0.4, -0.2) is 10.2 Å². The SMILES string of the molecule is c1ccc2c(-c3ccsc3)cnnc2c1. The van der Waals surface area contributed by atoms with Gasteiger partial charge in [-0.2, -0.15) is 21.5 Å². The molecule has 3 heteroatoms. The number of hydrogen-bond acceptors (Lipinski definition) is 3. The molecule has 0 bridgehead atoms. The lowest BCUT2D eigenvalue weighted by Gasteiger charge is -2.01. The Hall–Kier alpha value is -1.74. The second-order valence-corrected chi connectivity index (χ2v) is 4.07. The van der Waals surface area contributed by atoms with E-state index in [9.17, 15) is 0 Å². The van der Waals surface area contributed by atoms with Gasteiger partial charge in [-0.3, -0.25) is 0 Å². The second kappa shape index (κ2) is 3.44. The predicted octanol–water partition coefficient (Wildman–Crippen LogP) is 3.36. The van der Waals surface area contributed by atoms with E-state index in [0.717, 1.165) is 16.5 Å². The number of nitrogens with zero attached hydrogens (tertiary/aromatic N) is 2. The molecular weight excluding hydrogens is 204 g/mol. The molecule has 0 radical (unpaired) electrons. The van der Waals surface area contributed by atoms with Crippen molar-refractivity contribution in [2.45, 2.75) is 0 Å². The Bertz CT molecular complexity index is 582. The van der Waals surface area contributed by atoms with Gasteiger partial charge in [-0.25, -0.2) is 0 Å². The van der Waals surface area contributed by atoms with E-state index in [2.05, 4.69) is 33.1 Å². The summed E-state index contributed by atoms with van der Waals surface area (Å²) >= 11 is 1.69. The van der Waals surface area contributed by atoms with Crippen molar-refractivity contribution in [1.82, 2.24) is 10.2 Å². The van der Waals surface area contributed by atoms with Gasteiger partial charge in [-0.05, 0) is 28.5 Å². The average molecular weight is 212 g/mol. The molecule has 0 unspecified atom stereocenters. The van der Waals surface area contributed by atoms with Gasteiger partial charge >= 0.3 is 0 Å². The van der Waals surface area contributed by atoms with Gasteiger partial charge in [0.15, 0.2) is 0 Å². The first-order chi connectivity index (χ1) is 7.45. The Morgan fingerprint density at radius 3 is 2.87 bits per heavy atom. The third-order valence-corrected chi connectivity index (χ3v) is 3.06. The van der Waals surface area contributed by atoms with Crippen LogP contribution in [0.4, 0.5) is 0 Å². The number of rotatable bonds is 1. The largest absolute Gasteiger partial charge is 0.158 e. The van der Waals surface area contributed by atoms with E-state index in [-0.39, 0.29) is 0 Å². The van der Waals surface area contributed by atoms with Gasteiger partial charge in [0.1, 0.15) is 0 Å². The van der Waals surface area contributed by atoms with Crippen LogP contribution in [0.15, 0.2) is 47.3 Å². The van der Waals surface area contributed by atoms with Gasteiger partial charge in [-0.1, -0.05) is 18.2 Å². The van der Waals surface area contributed by atoms with Crippen LogP contribution in [0.3, 0.4) is 0 Å². The molecule has 0 saturated carbocycles. The Morgan fingerprint density at radius 2 is 2.00 bits per heavy atom. The topological polar surface area (TPSA) is 25.8 Å². The smallest absolute Gasteiger partial charge is 0.0935 e. The molecular formula is C12H8N2S. The lowest BCUT2D eigenvalue weighted by atomic mass is 10.1. The number of aromatic nitrogens is 2. The van der Waals surface area contributed by atoms with Crippen molar-refractivity contribution in [3.8, 4) is 11.1 Å². The van der Waals surface area contributed by atoms with Crippen molar-refractivity contribution < 1.29 is 0 Å². The molecule has 0 aliphatic rings. The molecule has 0 atom stereocenters. The summed E-state index contributed by atoms with van der Waals surface area (Å²) in [6.07, 6.45) is 1.82. The van der Waals surface area contributed by atoms with Crippen molar-refractivity contribution in [2.24, 2.45) is 0 Å². The van der Waals surface area contributed by atoms with Crippen molar-refractivity contribution in [3.05, 3.63) is 47.3 Å². The predicted molar refractivity (Wildman–Crippen MR) is 62.9 cm³/mol. The Labute approximate surface area is 91.2 Å². The Balaban J connectivity index is 2.36. The monoisotopic (exact) mass is 212 g/mol. The lowest BCUT2D eigenvalue weighted by molar-refractivity contribution is 1.08. The lowest BCUT2D eigenvalue weighted by Crippen LogP contribution is -1.86. The van der Waals surface area contributed by atoms with Crippen LogP contribution in [0.1, 0.15) is 0 Å². The first-order valence-electron chi connectivity index (χ1n) is 4.68. The van der Waals surface area contributed by atoms with Gasteiger partial charge in [0, 0.05) is 10.9 Å². The molecule has 0 aliphatic heterocycles. The van der Waals surface area contributed by atoms with Gasteiger partial charge < -0.3 is 0 Å². The van der Waals surface area contributed by atoms with Crippen molar-refractivity contribution in [3.63, 3.8) is 0 Å². The van der Waals surface area contributed by atoms with Crippen LogP contribution in [0, 0.1) is 0 Å². The van der Waals surface area contributed by atoms with Crippen molar-refractivity contribution >= 4 is 22.2 Å². The van der Waals surface area contributed by atoms with Gasteiger partial charge in [0.2, 0.25) is 0 Å². The first kappa shape index (κ1) is 8.56. The minimum atomic E-state index is 0.946. The number of thiophene rings is 1. The molecule has 0 aliphatic carbocycles. The third kappa shape index (κ3) is 1.41. The third-order valence-electron chi connectivity index (χ3n) is 2.38. The molecule has 1 aromatic carbocycles. The fraction of sp³-hybridized carbons (Fsp3) is 0. The molecule has 72 valence electrons. The highest BCUT2D eigenvalue weighted by molar-refractivity contribution is 7.08. The number of benzene rings is 1. The van der Waals surface area contributed by atoms with E-state index in [0.29, 0.717) is 0 Å². The summed E-state index contributed by atoms with van der Waals surface area (Å²) in [4.78, 5) is 0. The van der Waals surface area contributed by atoms with Crippen molar-refractivity contribution in [2.75, 3.05) is 0 Å². The summed E-state index contributed by atoms with van der Waals surface area (Å²) in [5.74, 6) is 0. The highest BCUT2D eigenvalue weighted by Gasteiger charge is 2.04. The highest BCUT2D eigenvalue weighted by Crippen LogP contribution is 2.27. The molecule has 0 saturated heterocycles. The summed E-state index contributed by atoms with van der Waals surface area (Å²) < 4.78 is 0. The molecule has 0 spiro atoms. The average Bonchev–Trinajstić information content (AvgIpc) is 2.82. The molecule has 3 aromatic rings. The van der Waals surface area contributed by atoms with Crippen LogP contribution in [0.25, 0.3) is 22.0 Å². The Kier molecular flexibility index (Phi) is 1.96.